The van der Waals surface area contributed by atoms with Crippen LogP contribution in [0.2, 0.25) is 0 Å². The first-order valence-corrected chi connectivity index (χ1v) is 8.59. The first kappa shape index (κ1) is 16.7. The van der Waals surface area contributed by atoms with Crippen LogP contribution in [0.15, 0.2) is 24.3 Å². The van der Waals surface area contributed by atoms with Crippen LogP contribution < -0.4 is 10.1 Å². The SMILES string of the molecule is COc1ccc(C(CCO)Nc2nc(C)nc3c2CCCC3)cc1. The molecule has 0 amide bonds. The molecule has 2 N–H and O–H groups in total. The Morgan fingerprint density at radius 1 is 1.17 bits per heavy atom. The highest BCUT2D eigenvalue weighted by atomic mass is 16.5. The molecule has 0 fully saturated rings. The smallest absolute Gasteiger partial charge is 0.133 e. The summed E-state index contributed by atoms with van der Waals surface area (Å²) >= 11 is 0. The number of anilines is 1. The molecule has 0 saturated carbocycles. The second-order valence-corrected chi connectivity index (χ2v) is 6.23. The third-order valence-corrected chi connectivity index (χ3v) is 4.54. The zero-order chi connectivity index (χ0) is 16.9. The van der Waals surface area contributed by atoms with Crippen molar-refractivity contribution in [3.05, 3.63) is 46.9 Å². The van der Waals surface area contributed by atoms with E-state index in [9.17, 15) is 5.11 Å². The number of fused-ring (bicyclic) bond motifs is 1. The molecule has 2 aromatic rings. The van der Waals surface area contributed by atoms with Gasteiger partial charge in [-0.05, 0) is 56.7 Å². The number of aryl methyl sites for hydroxylation is 2. The molecule has 1 aromatic heterocycles. The number of nitrogens with one attached hydrogen (secondary N) is 1. The summed E-state index contributed by atoms with van der Waals surface area (Å²) in [6, 6.07) is 7.98. The maximum Gasteiger partial charge on any atom is 0.133 e. The molecule has 3 rings (SSSR count). The highest BCUT2D eigenvalue weighted by Crippen LogP contribution is 2.30. The molecular formula is C19H25N3O2. The summed E-state index contributed by atoms with van der Waals surface area (Å²) in [5, 5.41) is 13.0. The first-order valence-electron chi connectivity index (χ1n) is 8.59. The van der Waals surface area contributed by atoms with Gasteiger partial charge in [0.25, 0.3) is 0 Å². The summed E-state index contributed by atoms with van der Waals surface area (Å²) in [7, 11) is 1.66. The standard InChI is InChI=1S/C19H25N3O2/c1-13-20-18-6-4-3-5-16(18)19(21-13)22-17(11-12-23)14-7-9-15(24-2)10-8-14/h7-10,17,23H,3-6,11-12H2,1-2H3,(H,20,21,22). The Labute approximate surface area is 143 Å². The van der Waals surface area contributed by atoms with Gasteiger partial charge in [-0.2, -0.15) is 0 Å². The quantitative estimate of drug-likeness (QED) is 0.853. The van der Waals surface area contributed by atoms with E-state index < -0.39 is 0 Å². The first-order chi connectivity index (χ1) is 11.7. The van der Waals surface area contributed by atoms with E-state index in [1.807, 2.05) is 31.2 Å². The minimum atomic E-state index is 0.0150. The van der Waals surface area contributed by atoms with E-state index in [0.717, 1.165) is 35.8 Å². The van der Waals surface area contributed by atoms with Crippen molar-refractivity contribution in [3.8, 4) is 5.75 Å². The second kappa shape index (κ2) is 7.62. The fourth-order valence-corrected chi connectivity index (χ4v) is 3.29. The molecule has 0 bridgehead atoms. The largest absolute Gasteiger partial charge is 0.497 e. The van der Waals surface area contributed by atoms with Crippen LogP contribution in [0.25, 0.3) is 0 Å². The molecule has 1 unspecified atom stereocenters. The van der Waals surface area contributed by atoms with Gasteiger partial charge >= 0.3 is 0 Å². The van der Waals surface area contributed by atoms with Gasteiger partial charge < -0.3 is 15.2 Å². The van der Waals surface area contributed by atoms with Crippen LogP contribution in [0.5, 0.6) is 5.75 Å². The summed E-state index contributed by atoms with van der Waals surface area (Å²) in [5.74, 6) is 2.55. The lowest BCUT2D eigenvalue weighted by molar-refractivity contribution is 0.280. The monoisotopic (exact) mass is 327 g/mol. The average Bonchev–Trinajstić information content (AvgIpc) is 2.61. The van der Waals surface area contributed by atoms with Crippen molar-refractivity contribution in [2.75, 3.05) is 19.0 Å². The number of ether oxygens (including phenoxy) is 1. The summed E-state index contributed by atoms with van der Waals surface area (Å²) < 4.78 is 5.23. The number of rotatable bonds is 6. The number of aliphatic hydroxyl groups excluding tert-OH is 1. The topological polar surface area (TPSA) is 67.3 Å². The van der Waals surface area contributed by atoms with E-state index in [4.69, 9.17) is 4.74 Å². The minimum absolute atomic E-state index is 0.0150. The van der Waals surface area contributed by atoms with Crippen molar-refractivity contribution < 1.29 is 9.84 Å². The van der Waals surface area contributed by atoms with E-state index in [1.54, 1.807) is 7.11 Å². The molecule has 1 atom stereocenters. The number of hydrogen-bond acceptors (Lipinski definition) is 5. The van der Waals surface area contributed by atoms with Crippen LogP contribution in [-0.4, -0.2) is 28.8 Å². The van der Waals surface area contributed by atoms with Crippen LogP contribution in [0.3, 0.4) is 0 Å². The second-order valence-electron chi connectivity index (χ2n) is 6.23. The molecule has 24 heavy (non-hydrogen) atoms. The van der Waals surface area contributed by atoms with E-state index >= 15 is 0 Å². The Kier molecular flexibility index (Phi) is 5.30. The summed E-state index contributed by atoms with van der Waals surface area (Å²) in [6.45, 7) is 2.06. The highest BCUT2D eigenvalue weighted by Gasteiger charge is 2.20. The fraction of sp³-hybridized carbons (Fsp3) is 0.474. The van der Waals surface area contributed by atoms with Crippen molar-refractivity contribution in [1.82, 2.24) is 9.97 Å². The van der Waals surface area contributed by atoms with Crippen LogP contribution >= 0.6 is 0 Å². The van der Waals surface area contributed by atoms with Gasteiger partial charge in [-0.3, -0.25) is 0 Å². The minimum Gasteiger partial charge on any atom is -0.497 e. The zero-order valence-electron chi connectivity index (χ0n) is 14.4. The van der Waals surface area contributed by atoms with Gasteiger partial charge in [0.2, 0.25) is 0 Å². The number of methoxy groups -OCH3 is 1. The molecule has 0 aliphatic heterocycles. The van der Waals surface area contributed by atoms with Crippen molar-refractivity contribution >= 4 is 5.82 Å². The molecule has 0 radical (unpaired) electrons. The molecule has 0 spiro atoms. The number of aromatic nitrogens is 2. The Morgan fingerprint density at radius 3 is 2.62 bits per heavy atom. The number of hydrogen-bond donors (Lipinski definition) is 2. The van der Waals surface area contributed by atoms with Gasteiger partial charge in [0.15, 0.2) is 0 Å². The molecule has 128 valence electrons. The molecule has 1 aliphatic rings. The van der Waals surface area contributed by atoms with E-state index in [0.29, 0.717) is 6.42 Å². The maximum atomic E-state index is 9.47. The molecule has 1 heterocycles. The van der Waals surface area contributed by atoms with E-state index in [-0.39, 0.29) is 12.6 Å². The van der Waals surface area contributed by atoms with Gasteiger partial charge in [-0.25, -0.2) is 9.97 Å². The van der Waals surface area contributed by atoms with Crippen molar-refractivity contribution in [3.63, 3.8) is 0 Å². The summed E-state index contributed by atoms with van der Waals surface area (Å²) in [4.78, 5) is 9.25. The Bertz CT molecular complexity index is 686. The molecule has 0 saturated heterocycles. The van der Waals surface area contributed by atoms with Gasteiger partial charge in [0.05, 0.1) is 13.2 Å². The molecular weight excluding hydrogens is 302 g/mol. The molecule has 1 aromatic carbocycles. The van der Waals surface area contributed by atoms with E-state index in [2.05, 4.69) is 15.3 Å². The fourth-order valence-electron chi connectivity index (χ4n) is 3.29. The van der Waals surface area contributed by atoms with Crippen LogP contribution in [0.1, 0.15) is 47.9 Å². The van der Waals surface area contributed by atoms with Crippen LogP contribution in [-0.2, 0) is 12.8 Å². The van der Waals surface area contributed by atoms with Crippen molar-refractivity contribution in [1.29, 1.82) is 0 Å². The lowest BCUT2D eigenvalue weighted by Gasteiger charge is -2.24. The zero-order valence-corrected chi connectivity index (χ0v) is 14.4. The number of aliphatic hydroxyl groups is 1. The molecule has 5 nitrogen and oxygen atoms in total. The Morgan fingerprint density at radius 2 is 1.92 bits per heavy atom. The Balaban J connectivity index is 1.89. The maximum absolute atomic E-state index is 9.47. The van der Waals surface area contributed by atoms with Gasteiger partial charge in [-0.1, -0.05) is 12.1 Å². The van der Waals surface area contributed by atoms with Crippen LogP contribution in [0.4, 0.5) is 5.82 Å². The van der Waals surface area contributed by atoms with Gasteiger partial charge in [-0.15, -0.1) is 0 Å². The van der Waals surface area contributed by atoms with E-state index in [1.165, 1.54) is 24.1 Å². The summed E-state index contributed by atoms with van der Waals surface area (Å²) in [5.41, 5.74) is 3.53. The molecule has 5 heteroatoms. The Hall–Kier alpha value is -2.14. The lowest BCUT2D eigenvalue weighted by atomic mass is 9.95. The predicted octanol–water partition coefficient (Wildman–Crippen LogP) is 3.21. The number of benzene rings is 1. The van der Waals surface area contributed by atoms with Crippen LogP contribution in [0, 0.1) is 6.92 Å². The van der Waals surface area contributed by atoms with Crippen molar-refractivity contribution in [2.45, 2.75) is 45.1 Å². The lowest BCUT2D eigenvalue weighted by Crippen LogP contribution is -2.18. The highest BCUT2D eigenvalue weighted by molar-refractivity contribution is 5.50. The van der Waals surface area contributed by atoms with Gasteiger partial charge in [0, 0.05) is 17.9 Å². The molecule has 1 aliphatic carbocycles. The summed E-state index contributed by atoms with van der Waals surface area (Å²) in [6.07, 6.45) is 5.06. The van der Waals surface area contributed by atoms with Crippen molar-refractivity contribution in [2.24, 2.45) is 0 Å². The predicted molar refractivity (Wildman–Crippen MR) is 94.5 cm³/mol. The normalized spacial score (nSPS) is 14.8. The van der Waals surface area contributed by atoms with Gasteiger partial charge in [0.1, 0.15) is 17.4 Å². The number of nitrogens with zero attached hydrogens (tertiary/aromatic N) is 2. The third-order valence-electron chi connectivity index (χ3n) is 4.54. The third kappa shape index (κ3) is 3.67. The average molecular weight is 327 g/mol.